The Kier molecular flexibility index (Phi) is 4.12. The molecule has 0 spiro atoms. The molecule has 3 fully saturated rings. The number of fused-ring (bicyclic) bond motifs is 5. The number of carbonyl (C=O) groups is 1. The molecule has 0 heterocycles. The van der Waals surface area contributed by atoms with Gasteiger partial charge in [-0.25, -0.2) is 0 Å². The van der Waals surface area contributed by atoms with Crippen molar-refractivity contribution in [3.05, 3.63) is 11.6 Å². The van der Waals surface area contributed by atoms with E-state index in [9.17, 15) is 20.2 Å². The van der Waals surface area contributed by atoms with Crippen LogP contribution in [0.3, 0.4) is 0 Å². The van der Waals surface area contributed by atoms with Gasteiger partial charge >= 0.3 is 0 Å². The Bertz CT molecular complexity index is 685. The van der Waals surface area contributed by atoms with E-state index in [4.69, 9.17) is 0 Å². The topological polar surface area (TPSA) is 90.1 Å². The number of carbonyl (C=O) groups excluding carboxylic acids is 1. The lowest BCUT2D eigenvalue weighted by molar-refractivity contribution is -0.142. The lowest BCUT2D eigenvalue weighted by Crippen LogP contribution is -2.55. The first-order chi connectivity index (χ1) is 12.2. The predicted molar refractivity (Wildman–Crippen MR) is 97.9 cm³/mol. The van der Waals surface area contributed by atoms with Crippen molar-refractivity contribution in [1.82, 2.24) is 0 Å². The van der Waals surface area contributed by atoms with Crippen LogP contribution in [0.25, 0.3) is 0 Å². The minimum absolute atomic E-state index is 0.0366. The van der Waals surface area contributed by atoms with Gasteiger partial charge in [0, 0.05) is 11.8 Å². The highest BCUT2D eigenvalue weighted by Crippen LogP contribution is 2.65. The molecule has 0 saturated heterocycles. The van der Waals surface area contributed by atoms with Crippen molar-refractivity contribution in [2.24, 2.45) is 39.7 Å². The van der Waals surface area contributed by atoms with Gasteiger partial charge in [0.05, 0.1) is 17.9 Å². The van der Waals surface area contributed by atoms with Crippen molar-refractivity contribution in [2.45, 2.75) is 71.5 Å². The third-order valence-electron chi connectivity index (χ3n) is 8.59. The van der Waals surface area contributed by atoms with Gasteiger partial charge in [-0.05, 0) is 74.2 Å². The third-order valence-corrected chi connectivity index (χ3v) is 8.59. The molecule has 144 valence electrons. The highest BCUT2D eigenvalue weighted by atomic mass is 16.4. The summed E-state index contributed by atoms with van der Waals surface area (Å²) in [5, 5.41) is 33.2. The summed E-state index contributed by atoms with van der Waals surface area (Å²) in [6.45, 7) is 6.35. The molecule has 4 rings (SSSR count). The zero-order valence-electron chi connectivity index (χ0n) is 16.0. The van der Waals surface area contributed by atoms with E-state index in [1.807, 2.05) is 13.0 Å². The van der Waals surface area contributed by atoms with Crippen LogP contribution in [0.4, 0.5) is 0 Å². The molecule has 0 aromatic rings. The minimum Gasteiger partial charge on any atom is -0.411 e. The van der Waals surface area contributed by atoms with Crippen molar-refractivity contribution in [1.29, 1.82) is 0 Å². The summed E-state index contributed by atoms with van der Waals surface area (Å²) in [5.74, 6) is 0.852. The highest BCUT2D eigenvalue weighted by Gasteiger charge is 2.60. The average Bonchev–Trinajstić information content (AvgIpc) is 2.94. The molecule has 8 atom stereocenters. The normalized spacial score (nSPS) is 51.3. The maximum Gasteiger partial charge on any atom is 0.159 e. The molecular formula is C21H31NO4. The fourth-order valence-corrected chi connectivity index (χ4v) is 7.15. The smallest absolute Gasteiger partial charge is 0.159 e. The molecule has 0 radical (unpaired) electrons. The largest absolute Gasteiger partial charge is 0.411 e. The Morgan fingerprint density at radius 2 is 1.77 bits per heavy atom. The Hall–Kier alpha value is -1.20. The summed E-state index contributed by atoms with van der Waals surface area (Å²) in [6, 6.07) is 0. The Balaban J connectivity index is 1.73. The number of hydrogen-bond donors (Lipinski definition) is 3. The summed E-state index contributed by atoms with van der Waals surface area (Å²) in [7, 11) is 0. The molecule has 4 aliphatic rings. The van der Waals surface area contributed by atoms with E-state index in [2.05, 4.69) is 19.0 Å². The van der Waals surface area contributed by atoms with Crippen molar-refractivity contribution in [3.8, 4) is 0 Å². The number of aliphatic hydroxyl groups is 2. The second-order valence-corrected chi connectivity index (χ2v) is 9.70. The number of rotatable bonds is 1. The van der Waals surface area contributed by atoms with Gasteiger partial charge in [-0.3, -0.25) is 4.79 Å². The van der Waals surface area contributed by atoms with E-state index < -0.39 is 12.2 Å². The van der Waals surface area contributed by atoms with Crippen molar-refractivity contribution in [2.75, 3.05) is 0 Å². The molecule has 5 nitrogen and oxygen atoms in total. The van der Waals surface area contributed by atoms with E-state index in [1.165, 1.54) is 5.57 Å². The summed E-state index contributed by atoms with van der Waals surface area (Å²) in [5.41, 5.74) is 1.84. The van der Waals surface area contributed by atoms with Gasteiger partial charge in [0.25, 0.3) is 0 Å². The van der Waals surface area contributed by atoms with Crippen LogP contribution in [0.5, 0.6) is 0 Å². The maximum atomic E-state index is 13.0. The van der Waals surface area contributed by atoms with Crippen LogP contribution in [0.2, 0.25) is 0 Å². The fraction of sp³-hybridized carbons (Fsp3) is 0.810. The van der Waals surface area contributed by atoms with Gasteiger partial charge in [-0.1, -0.05) is 24.6 Å². The molecule has 4 aliphatic carbocycles. The van der Waals surface area contributed by atoms with Gasteiger partial charge in [0.2, 0.25) is 0 Å². The molecule has 0 bridgehead atoms. The molecule has 0 aromatic heterocycles. The van der Waals surface area contributed by atoms with Crippen LogP contribution in [0.15, 0.2) is 16.8 Å². The summed E-state index contributed by atoms with van der Waals surface area (Å²) < 4.78 is 0. The van der Waals surface area contributed by atoms with Gasteiger partial charge < -0.3 is 15.4 Å². The fourth-order valence-electron chi connectivity index (χ4n) is 7.15. The van der Waals surface area contributed by atoms with Gasteiger partial charge in [-0.15, -0.1) is 0 Å². The number of aliphatic hydroxyl groups excluding tert-OH is 2. The first-order valence-corrected chi connectivity index (χ1v) is 10.0. The van der Waals surface area contributed by atoms with Gasteiger partial charge in [0.1, 0.15) is 0 Å². The number of allylic oxidation sites excluding steroid dienone is 2. The Labute approximate surface area is 155 Å². The van der Waals surface area contributed by atoms with Crippen molar-refractivity contribution in [3.63, 3.8) is 0 Å². The lowest BCUT2D eigenvalue weighted by Gasteiger charge is -2.57. The molecular weight excluding hydrogens is 330 g/mol. The first-order valence-electron chi connectivity index (χ1n) is 10.0. The van der Waals surface area contributed by atoms with E-state index in [0.29, 0.717) is 24.7 Å². The van der Waals surface area contributed by atoms with Crippen LogP contribution in [0.1, 0.15) is 59.3 Å². The molecule has 7 unspecified atom stereocenters. The SMILES string of the molecule is C/C(=N/O)[C@H]1CCC2C3=CC(=O)C4CC(O)C(O)CC4(C)C3CCC21C. The lowest BCUT2D eigenvalue weighted by atomic mass is 9.47. The average molecular weight is 361 g/mol. The molecule has 3 N–H and O–H groups in total. The molecule has 3 saturated carbocycles. The molecule has 5 heteroatoms. The second-order valence-electron chi connectivity index (χ2n) is 9.70. The number of ketones is 1. The molecule has 26 heavy (non-hydrogen) atoms. The molecule has 0 amide bonds. The standard InChI is InChI=1S/C21H31NO4/c1-11(22-26)13-4-5-14-12-8-17(23)16-9-18(24)19(25)10-21(16,3)15(12)6-7-20(13,14)2/h8,13-16,18-19,24-26H,4-7,9-10H2,1-3H3/b22-11-/t13-,14?,15?,16?,18?,19?,20?,21?/m1/s1. The number of nitrogens with zero attached hydrogens (tertiary/aromatic N) is 1. The highest BCUT2D eigenvalue weighted by molar-refractivity contribution is 5.94. The minimum atomic E-state index is -0.792. The maximum absolute atomic E-state index is 13.0. The summed E-state index contributed by atoms with van der Waals surface area (Å²) in [4.78, 5) is 13.0. The van der Waals surface area contributed by atoms with Gasteiger partial charge in [0.15, 0.2) is 5.78 Å². The molecule has 0 aliphatic heterocycles. The monoisotopic (exact) mass is 361 g/mol. The summed E-state index contributed by atoms with van der Waals surface area (Å²) >= 11 is 0. The van der Waals surface area contributed by atoms with Crippen LogP contribution in [0, 0.1) is 34.5 Å². The van der Waals surface area contributed by atoms with Crippen LogP contribution < -0.4 is 0 Å². The number of oxime groups is 1. The second kappa shape index (κ2) is 5.90. The van der Waals surface area contributed by atoms with E-state index in [-0.39, 0.29) is 28.4 Å². The van der Waals surface area contributed by atoms with Crippen LogP contribution in [-0.2, 0) is 4.79 Å². The van der Waals surface area contributed by atoms with Crippen molar-refractivity contribution >= 4 is 11.5 Å². The third kappa shape index (κ3) is 2.29. The first kappa shape index (κ1) is 18.2. The quantitative estimate of drug-likeness (QED) is 0.380. The van der Waals surface area contributed by atoms with Crippen LogP contribution in [-0.4, -0.2) is 39.1 Å². The summed E-state index contributed by atoms with van der Waals surface area (Å²) in [6.07, 6.45) is 5.29. The Morgan fingerprint density at radius 3 is 2.46 bits per heavy atom. The Morgan fingerprint density at radius 1 is 1.08 bits per heavy atom. The number of hydrogen-bond acceptors (Lipinski definition) is 5. The zero-order valence-corrected chi connectivity index (χ0v) is 16.0. The van der Waals surface area contributed by atoms with E-state index in [1.54, 1.807) is 0 Å². The van der Waals surface area contributed by atoms with Crippen molar-refractivity contribution < 1.29 is 20.2 Å². The van der Waals surface area contributed by atoms with E-state index in [0.717, 1.165) is 31.4 Å². The molecule has 0 aromatic carbocycles. The predicted octanol–water partition coefficient (Wildman–Crippen LogP) is 2.93. The zero-order chi connectivity index (χ0) is 18.9. The van der Waals surface area contributed by atoms with Crippen LogP contribution >= 0.6 is 0 Å². The van der Waals surface area contributed by atoms with Gasteiger partial charge in [-0.2, -0.15) is 0 Å². The van der Waals surface area contributed by atoms with E-state index >= 15 is 0 Å².